The third-order valence-electron chi connectivity index (χ3n) is 5.61. The predicted molar refractivity (Wildman–Crippen MR) is 108 cm³/mol. The number of aliphatic hydroxyl groups is 1. The highest BCUT2D eigenvalue weighted by atomic mass is 35.5. The molecule has 1 fully saturated rings. The van der Waals surface area contributed by atoms with E-state index in [1.807, 2.05) is 0 Å². The molecule has 1 saturated heterocycles. The van der Waals surface area contributed by atoms with Crippen LogP contribution in [0.3, 0.4) is 0 Å². The van der Waals surface area contributed by atoms with Crippen LogP contribution in [0, 0.1) is 17.6 Å². The van der Waals surface area contributed by atoms with Gasteiger partial charge in [-0.25, -0.2) is 17.2 Å². The Morgan fingerprint density at radius 3 is 2.35 bits per heavy atom. The molecule has 0 radical (unpaired) electrons. The lowest BCUT2D eigenvalue weighted by molar-refractivity contribution is -0.181. The smallest absolute Gasteiger partial charge is 0.186 e. The Labute approximate surface area is 183 Å². The molecule has 10 heteroatoms. The maximum atomic E-state index is 14.9. The summed E-state index contributed by atoms with van der Waals surface area (Å²) in [7, 11) is -4.18. The molecular weight excluding hydrogens is 454 g/mol. The zero-order chi connectivity index (χ0) is 22.2. The van der Waals surface area contributed by atoms with Crippen molar-refractivity contribution < 1.29 is 36.5 Å². The molecule has 0 amide bonds. The third kappa shape index (κ3) is 4.17. The quantitative estimate of drug-likeness (QED) is 0.688. The van der Waals surface area contributed by atoms with Crippen molar-refractivity contribution in [2.24, 2.45) is 5.92 Å². The number of hydrogen-bond acceptors (Lipinski definition) is 6. The van der Waals surface area contributed by atoms with E-state index in [1.165, 1.54) is 24.3 Å². The predicted octanol–water partition coefficient (Wildman–Crippen LogP) is 3.66. The first-order chi connectivity index (χ1) is 14.8. The van der Waals surface area contributed by atoms with Gasteiger partial charge in [0.25, 0.3) is 0 Å². The van der Waals surface area contributed by atoms with E-state index < -0.39 is 44.2 Å². The van der Waals surface area contributed by atoms with Gasteiger partial charge in [0, 0.05) is 30.4 Å². The lowest BCUT2D eigenvalue weighted by Gasteiger charge is -2.38. The minimum absolute atomic E-state index is 0.0143. The lowest BCUT2D eigenvalue weighted by atomic mass is 9.88. The van der Waals surface area contributed by atoms with Crippen molar-refractivity contribution in [3.8, 4) is 5.75 Å². The molecule has 2 aliphatic heterocycles. The van der Waals surface area contributed by atoms with Crippen molar-refractivity contribution in [1.82, 2.24) is 0 Å². The molecule has 0 bridgehead atoms. The van der Waals surface area contributed by atoms with Crippen molar-refractivity contribution in [1.29, 1.82) is 0 Å². The fraction of sp³-hybridized carbons (Fsp3) is 0.429. The number of aliphatic hydroxyl groups excluding tert-OH is 1. The highest BCUT2D eigenvalue weighted by Gasteiger charge is 2.49. The first-order valence-corrected chi connectivity index (χ1v) is 11.7. The van der Waals surface area contributed by atoms with E-state index >= 15 is 0 Å². The van der Waals surface area contributed by atoms with E-state index in [9.17, 15) is 22.3 Å². The first kappa shape index (κ1) is 22.4. The second-order valence-corrected chi connectivity index (χ2v) is 10.1. The topological polar surface area (TPSA) is 82.1 Å². The normalized spacial score (nSPS) is 22.7. The standard InChI is InChI=1S/C21H21ClF2O6S/c22-14-1-3-15(4-2-14)31(26,27)20-13(11-21(7-8-25)29-9-10-30-21)12-28-19-17(24)6-5-16(23)18(19)20/h1-6,13,20,25H,7-12H2/t13-,20+/m1/s1. The summed E-state index contributed by atoms with van der Waals surface area (Å²) in [6.45, 7) is 0.121. The van der Waals surface area contributed by atoms with Crippen LogP contribution in [0.1, 0.15) is 23.7 Å². The SMILES string of the molecule is O=S(=O)(c1ccc(Cl)cc1)[C@@H]1c2c(F)ccc(F)c2OC[C@H]1CC1(CCO)OCCO1. The van der Waals surface area contributed by atoms with Gasteiger partial charge in [0.2, 0.25) is 0 Å². The monoisotopic (exact) mass is 474 g/mol. The zero-order valence-corrected chi connectivity index (χ0v) is 18.0. The first-order valence-electron chi connectivity index (χ1n) is 9.76. The van der Waals surface area contributed by atoms with Crippen molar-refractivity contribution in [3.63, 3.8) is 0 Å². The summed E-state index contributed by atoms with van der Waals surface area (Å²) in [5.74, 6) is -4.19. The van der Waals surface area contributed by atoms with E-state index in [-0.39, 0.29) is 49.7 Å². The van der Waals surface area contributed by atoms with Crippen LogP contribution >= 0.6 is 11.6 Å². The number of fused-ring (bicyclic) bond motifs is 1. The number of halogens is 3. The van der Waals surface area contributed by atoms with Gasteiger partial charge in [-0.1, -0.05) is 11.6 Å². The van der Waals surface area contributed by atoms with Crippen molar-refractivity contribution in [2.45, 2.75) is 28.8 Å². The van der Waals surface area contributed by atoms with Gasteiger partial charge in [-0.15, -0.1) is 0 Å². The molecule has 1 N–H and O–H groups in total. The molecule has 6 nitrogen and oxygen atoms in total. The number of sulfone groups is 1. The Morgan fingerprint density at radius 2 is 1.71 bits per heavy atom. The van der Waals surface area contributed by atoms with Crippen molar-refractivity contribution in [3.05, 3.63) is 58.6 Å². The highest BCUT2D eigenvalue weighted by molar-refractivity contribution is 7.91. The average molecular weight is 475 g/mol. The van der Waals surface area contributed by atoms with Crippen LogP contribution in [0.25, 0.3) is 0 Å². The van der Waals surface area contributed by atoms with E-state index in [1.54, 1.807) is 0 Å². The van der Waals surface area contributed by atoms with E-state index in [0.717, 1.165) is 12.1 Å². The van der Waals surface area contributed by atoms with Crippen molar-refractivity contribution >= 4 is 21.4 Å². The lowest BCUT2D eigenvalue weighted by Crippen LogP contribution is -2.41. The summed E-state index contributed by atoms with van der Waals surface area (Å²) in [6, 6.07) is 7.28. The van der Waals surface area contributed by atoms with Gasteiger partial charge in [0.1, 0.15) is 11.1 Å². The Hall–Kier alpha value is -1.78. The van der Waals surface area contributed by atoms with Gasteiger partial charge in [0.05, 0.1) is 30.3 Å². The van der Waals surface area contributed by atoms with Gasteiger partial charge in [-0.05, 0) is 36.4 Å². The molecule has 0 spiro atoms. The minimum atomic E-state index is -4.18. The molecule has 0 saturated carbocycles. The maximum absolute atomic E-state index is 14.9. The summed E-state index contributed by atoms with van der Waals surface area (Å²) in [4.78, 5) is -0.0760. The Balaban J connectivity index is 1.83. The summed E-state index contributed by atoms with van der Waals surface area (Å²) >= 11 is 5.89. The molecule has 2 aliphatic rings. The second kappa shape index (κ2) is 8.63. The molecule has 0 aliphatic carbocycles. The largest absolute Gasteiger partial charge is 0.490 e. The van der Waals surface area contributed by atoms with Gasteiger partial charge < -0.3 is 19.3 Å². The van der Waals surface area contributed by atoms with E-state index in [0.29, 0.717) is 5.02 Å². The molecule has 2 aromatic rings. The summed E-state index contributed by atoms with van der Waals surface area (Å²) < 4.78 is 73.5. The number of ether oxygens (including phenoxy) is 3. The van der Waals surface area contributed by atoms with Crippen LogP contribution < -0.4 is 4.74 Å². The molecule has 2 atom stereocenters. The molecule has 0 aromatic heterocycles. The third-order valence-corrected chi connectivity index (χ3v) is 8.08. The molecule has 168 valence electrons. The minimum Gasteiger partial charge on any atom is -0.490 e. The van der Waals surface area contributed by atoms with E-state index in [2.05, 4.69) is 0 Å². The Bertz CT molecular complexity index is 1050. The molecule has 31 heavy (non-hydrogen) atoms. The fourth-order valence-electron chi connectivity index (χ4n) is 4.25. The van der Waals surface area contributed by atoms with E-state index in [4.69, 9.17) is 25.8 Å². The van der Waals surface area contributed by atoms with Crippen LogP contribution in [0.5, 0.6) is 5.75 Å². The number of hydrogen-bond donors (Lipinski definition) is 1. The molecular formula is C21H21ClF2O6S. The average Bonchev–Trinajstić information content (AvgIpc) is 3.19. The second-order valence-electron chi connectivity index (χ2n) is 7.55. The van der Waals surface area contributed by atoms with Crippen LogP contribution in [0.15, 0.2) is 41.3 Å². The Kier molecular flexibility index (Phi) is 6.24. The van der Waals surface area contributed by atoms with Gasteiger partial charge in [0.15, 0.2) is 27.2 Å². The molecule has 2 heterocycles. The van der Waals surface area contributed by atoms with Crippen LogP contribution in [-0.2, 0) is 19.3 Å². The molecule has 0 unspecified atom stereocenters. The van der Waals surface area contributed by atoms with Gasteiger partial charge >= 0.3 is 0 Å². The van der Waals surface area contributed by atoms with Crippen LogP contribution in [0.4, 0.5) is 8.78 Å². The van der Waals surface area contributed by atoms with Gasteiger partial charge in [-0.3, -0.25) is 0 Å². The van der Waals surface area contributed by atoms with Crippen LogP contribution in [0.2, 0.25) is 5.02 Å². The van der Waals surface area contributed by atoms with Crippen LogP contribution in [-0.4, -0.2) is 45.7 Å². The van der Waals surface area contributed by atoms with Crippen molar-refractivity contribution in [2.75, 3.05) is 26.4 Å². The summed E-state index contributed by atoms with van der Waals surface area (Å²) in [5.41, 5.74) is -0.358. The number of rotatable bonds is 6. The molecule has 2 aromatic carbocycles. The van der Waals surface area contributed by atoms with Gasteiger partial charge in [-0.2, -0.15) is 0 Å². The maximum Gasteiger partial charge on any atom is 0.186 e. The summed E-state index contributed by atoms with van der Waals surface area (Å²) in [6.07, 6.45) is 0.121. The highest BCUT2D eigenvalue weighted by Crippen LogP contribution is 2.49. The summed E-state index contributed by atoms with van der Waals surface area (Å²) in [5, 5.41) is 8.35. The number of benzene rings is 2. The Morgan fingerprint density at radius 1 is 1.06 bits per heavy atom. The zero-order valence-electron chi connectivity index (χ0n) is 16.4. The molecule has 4 rings (SSSR count). The fourth-order valence-corrected chi connectivity index (χ4v) is 6.40.